The van der Waals surface area contributed by atoms with E-state index in [1.54, 1.807) is 18.2 Å². The van der Waals surface area contributed by atoms with Crippen LogP contribution in [-0.2, 0) is 0 Å². The third-order valence-corrected chi connectivity index (χ3v) is 3.25. The summed E-state index contributed by atoms with van der Waals surface area (Å²) in [7, 11) is 2.96. The minimum atomic E-state index is -0.858. The standard InChI is InChI=1S/C14H10ClN5O3/c1-22-10-4-3-9(5-11(10)23-2)20-7-8(6-16)12(18-19-17)13(20)14(15)21/h3-5,7H,1-2H3. The summed E-state index contributed by atoms with van der Waals surface area (Å²) in [5.41, 5.74) is 8.92. The van der Waals surface area contributed by atoms with Crippen LogP contribution in [0.1, 0.15) is 16.1 Å². The highest BCUT2D eigenvalue weighted by Gasteiger charge is 2.21. The number of methoxy groups -OCH3 is 2. The zero-order chi connectivity index (χ0) is 17.0. The van der Waals surface area contributed by atoms with Gasteiger partial charge in [-0.15, -0.1) is 0 Å². The van der Waals surface area contributed by atoms with Crippen molar-refractivity contribution in [1.29, 1.82) is 5.26 Å². The Morgan fingerprint density at radius 3 is 2.61 bits per heavy atom. The van der Waals surface area contributed by atoms with Crippen LogP contribution in [-0.4, -0.2) is 24.0 Å². The number of carbonyl (C=O) groups excluding carboxylic acids is 1. The lowest BCUT2D eigenvalue weighted by atomic mass is 10.2. The Bertz CT molecular complexity index is 862. The molecule has 0 bridgehead atoms. The van der Waals surface area contributed by atoms with Crippen molar-refractivity contribution in [1.82, 2.24) is 4.57 Å². The van der Waals surface area contributed by atoms with Crippen molar-refractivity contribution in [2.75, 3.05) is 14.2 Å². The van der Waals surface area contributed by atoms with Crippen LogP contribution in [0.2, 0.25) is 0 Å². The third-order valence-electron chi connectivity index (χ3n) is 3.08. The smallest absolute Gasteiger partial charge is 0.269 e. The minimum absolute atomic E-state index is 0.0292. The summed E-state index contributed by atoms with van der Waals surface area (Å²) >= 11 is 5.59. The number of carbonyl (C=O) groups is 1. The first-order chi connectivity index (χ1) is 11.1. The molecule has 0 saturated heterocycles. The van der Waals surface area contributed by atoms with Gasteiger partial charge in [0.15, 0.2) is 11.5 Å². The van der Waals surface area contributed by atoms with Gasteiger partial charge in [-0.1, -0.05) is 5.11 Å². The van der Waals surface area contributed by atoms with Crippen molar-refractivity contribution in [3.05, 3.63) is 46.1 Å². The van der Waals surface area contributed by atoms with Crippen LogP contribution in [0.3, 0.4) is 0 Å². The van der Waals surface area contributed by atoms with E-state index < -0.39 is 5.24 Å². The number of rotatable bonds is 5. The average Bonchev–Trinajstić information content (AvgIpc) is 2.93. The van der Waals surface area contributed by atoms with Crippen LogP contribution in [0, 0.1) is 11.3 Å². The largest absolute Gasteiger partial charge is 0.493 e. The predicted octanol–water partition coefficient (Wildman–Crippen LogP) is 3.69. The van der Waals surface area contributed by atoms with Crippen molar-refractivity contribution in [2.24, 2.45) is 5.11 Å². The van der Waals surface area contributed by atoms with Gasteiger partial charge in [-0.25, -0.2) is 0 Å². The molecule has 9 heteroatoms. The number of benzene rings is 1. The molecule has 23 heavy (non-hydrogen) atoms. The Morgan fingerprint density at radius 2 is 2.09 bits per heavy atom. The molecular weight excluding hydrogens is 322 g/mol. The number of azide groups is 1. The van der Waals surface area contributed by atoms with Gasteiger partial charge in [-0.3, -0.25) is 4.79 Å². The van der Waals surface area contributed by atoms with Gasteiger partial charge >= 0.3 is 0 Å². The zero-order valence-corrected chi connectivity index (χ0v) is 12.9. The summed E-state index contributed by atoms with van der Waals surface area (Å²) in [5, 5.41) is 11.7. The van der Waals surface area contributed by atoms with Gasteiger partial charge in [0.2, 0.25) is 0 Å². The molecule has 0 fully saturated rings. The van der Waals surface area contributed by atoms with E-state index in [1.165, 1.54) is 25.0 Å². The first-order valence-electron chi connectivity index (χ1n) is 6.20. The van der Waals surface area contributed by atoms with Gasteiger partial charge in [0, 0.05) is 22.9 Å². The molecule has 0 spiro atoms. The topological polar surface area (TPSA) is 113 Å². The molecule has 0 radical (unpaired) electrons. The van der Waals surface area contributed by atoms with Gasteiger partial charge in [0.1, 0.15) is 11.8 Å². The summed E-state index contributed by atoms with van der Waals surface area (Å²) < 4.78 is 11.7. The lowest BCUT2D eigenvalue weighted by Crippen LogP contribution is -2.03. The third kappa shape index (κ3) is 2.92. The maximum Gasteiger partial charge on any atom is 0.269 e. The Balaban J connectivity index is 2.76. The van der Waals surface area contributed by atoms with Gasteiger partial charge in [-0.05, 0) is 29.3 Å². The van der Waals surface area contributed by atoms with Crippen LogP contribution in [0.15, 0.2) is 29.5 Å². The quantitative estimate of drug-likeness (QED) is 0.359. The van der Waals surface area contributed by atoms with Gasteiger partial charge in [0.05, 0.1) is 25.5 Å². The molecule has 116 valence electrons. The molecule has 0 N–H and O–H groups in total. The van der Waals surface area contributed by atoms with Crippen LogP contribution in [0.5, 0.6) is 11.5 Å². The van der Waals surface area contributed by atoms with E-state index in [-0.39, 0.29) is 16.9 Å². The molecule has 2 rings (SSSR count). The molecule has 2 aromatic rings. The fourth-order valence-corrected chi connectivity index (χ4v) is 2.27. The zero-order valence-electron chi connectivity index (χ0n) is 12.1. The molecule has 1 aromatic carbocycles. The van der Waals surface area contributed by atoms with Crippen LogP contribution < -0.4 is 9.47 Å². The van der Waals surface area contributed by atoms with Crippen molar-refractivity contribution in [3.8, 4) is 23.3 Å². The van der Waals surface area contributed by atoms with E-state index in [4.69, 9.17) is 31.9 Å². The normalized spacial score (nSPS) is 9.65. The number of ether oxygens (including phenoxy) is 2. The van der Waals surface area contributed by atoms with Gasteiger partial charge in [-0.2, -0.15) is 5.26 Å². The van der Waals surface area contributed by atoms with Crippen LogP contribution in [0.4, 0.5) is 5.69 Å². The molecule has 0 aliphatic heterocycles. The van der Waals surface area contributed by atoms with Gasteiger partial charge < -0.3 is 14.0 Å². The molecule has 1 heterocycles. The molecular formula is C14H10ClN5O3. The Morgan fingerprint density at radius 1 is 1.39 bits per heavy atom. The summed E-state index contributed by atoms with van der Waals surface area (Å²) in [4.78, 5) is 14.4. The molecule has 0 atom stereocenters. The molecule has 0 saturated carbocycles. The summed E-state index contributed by atoms with van der Waals surface area (Å²) in [6.07, 6.45) is 1.36. The molecule has 0 aliphatic carbocycles. The Kier molecular flexibility index (Phi) is 4.76. The monoisotopic (exact) mass is 331 g/mol. The van der Waals surface area contributed by atoms with Crippen molar-refractivity contribution in [2.45, 2.75) is 0 Å². The summed E-state index contributed by atoms with van der Waals surface area (Å²) in [6, 6.07) is 6.74. The number of aromatic nitrogens is 1. The second-order valence-corrected chi connectivity index (χ2v) is 4.57. The van der Waals surface area contributed by atoms with E-state index in [2.05, 4.69) is 10.0 Å². The van der Waals surface area contributed by atoms with E-state index in [0.29, 0.717) is 17.2 Å². The van der Waals surface area contributed by atoms with Crippen molar-refractivity contribution >= 4 is 22.5 Å². The van der Waals surface area contributed by atoms with E-state index in [1.807, 2.05) is 6.07 Å². The Labute approximate surface area is 136 Å². The van der Waals surface area contributed by atoms with E-state index in [9.17, 15) is 4.79 Å². The fraction of sp³-hybridized carbons (Fsp3) is 0.143. The lowest BCUT2D eigenvalue weighted by molar-refractivity contribution is 0.107. The van der Waals surface area contributed by atoms with Crippen molar-refractivity contribution in [3.63, 3.8) is 0 Å². The molecule has 0 unspecified atom stereocenters. The van der Waals surface area contributed by atoms with E-state index >= 15 is 0 Å². The first kappa shape index (κ1) is 16.2. The number of hydrogen-bond donors (Lipinski definition) is 0. The van der Waals surface area contributed by atoms with Crippen LogP contribution >= 0.6 is 11.6 Å². The highest BCUT2D eigenvalue weighted by atomic mass is 35.5. The second kappa shape index (κ2) is 6.75. The highest BCUT2D eigenvalue weighted by molar-refractivity contribution is 6.68. The van der Waals surface area contributed by atoms with Gasteiger partial charge in [0.25, 0.3) is 5.24 Å². The maximum atomic E-state index is 11.7. The minimum Gasteiger partial charge on any atom is -0.493 e. The molecule has 1 aromatic heterocycles. The van der Waals surface area contributed by atoms with Crippen LogP contribution in [0.25, 0.3) is 16.1 Å². The number of halogens is 1. The Hall–Kier alpha value is -3.14. The lowest BCUT2D eigenvalue weighted by Gasteiger charge is -2.11. The van der Waals surface area contributed by atoms with E-state index in [0.717, 1.165) is 0 Å². The highest BCUT2D eigenvalue weighted by Crippen LogP contribution is 2.34. The summed E-state index contributed by atoms with van der Waals surface area (Å²) in [5.74, 6) is 0.924. The SMILES string of the molecule is COc1ccc(-n2cc(C#N)c(N=[N+]=[N-])c2C(=O)Cl)cc1OC. The predicted molar refractivity (Wildman–Crippen MR) is 82.6 cm³/mol. The molecule has 8 nitrogen and oxygen atoms in total. The molecule has 0 amide bonds. The second-order valence-electron chi connectivity index (χ2n) is 4.22. The number of nitriles is 1. The number of hydrogen-bond acceptors (Lipinski definition) is 5. The average molecular weight is 332 g/mol. The summed E-state index contributed by atoms with van der Waals surface area (Å²) in [6.45, 7) is 0. The number of nitrogens with zero attached hydrogens (tertiary/aromatic N) is 5. The first-order valence-corrected chi connectivity index (χ1v) is 6.58. The van der Waals surface area contributed by atoms with Crippen molar-refractivity contribution < 1.29 is 14.3 Å². The molecule has 0 aliphatic rings. The fourth-order valence-electron chi connectivity index (χ4n) is 2.09. The maximum absolute atomic E-state index is 11.7.